The predicted octanol–water partition coefficient (Wildman–Crippen LogP) is 1.64. The zero-order valence-corrected chi connectivity index (χ0v) is 13.3. The molecule has 0 spiro atoms. The number of carbonyl (C=O) groups excluding carboxylic acids is 2. The fraction of sp³-hybridized carbons (Fsp3) is 0.429. The lowest BCUT2D eigenvalue weighted by atomic mass is 10.0. The second-order valence-corrected chi connectivity index (χ2v) is 6.28. The molecule has 2 atom stereocenters. The van der Waals surface area contributed by atoms with Crippen molar-refractivity contribution in [2.45, 2.75) is 18.6 Å². The summed E-state index contributed by atoms with van der Waals surface area (Å²) in [6.45, 7) is 0.480. The number of rotatable bonds is 6. The highest BCUT2D eigenvalue weighted by Crippen LogP contribution is 2.31. The Morgan fingerprint density at radius 2 is 2.23 bits per heavy atom. The zero-order valence-electron chi connectivity index (χ0n) is 11.7. The Morgan fingerprint density at radius 1 is 1.45 bits per heavy atom. The molecule has 1 fully saturated rings. The Bertz CT molecular complexity index is 573. The summed E-state index contributed by atoms with van der Waals surface area (Å²) in [6, 6.07) is 4.24. The van der Waals surface area contributed by atoms with Crippen LogP contribution in [0.15, 0.2) is 18.2 Å². The molecule has 0 unspecified atom stereocenters. The van der Waals surface area contributed by atoms with Gasteiger partial charge in [0.1, 0.15) is 11.9 Å². The van der Waals surface area contributed by atoms with Gasteiger partial charge in [0, 0.05) is 6.61 Å². The maximum atomic E-state index is 13.5. The van der Waals surface area contributed by atoms with E-state index in [1.807, 2.05) is 0 Å². The maximum Gasteiger partial charge on any atom is 0.230 e. The van der Waals surface area contributed by atoms with Crippen molar-refractivity contribution in [1.82, 2.24) is 5.32 Å². The number of primary amides is 1. The Morgan fingerprint density at radius 3 is 2.91 bits per heavy atom. The molecule has 0 aromatic heterocycles. The number of hydrogen-bond donors (Lipinski definition) is 2. The van der Waals surface area contributed by atoms with Crippen molar-refractivity contribution in [2.24, 2.45) is 5.73 Å². The molecular formula is C14H16ClFN2O3S. The van der Waals surface area contributed by atoms with Crippen LogP contribution in [0.3, 0.4) is 0 Å². The molecular weight excluding hydrogens is 331 g/mol. The smallest absolute Gasteiger partial charge is 0.230 e. The number of carbonyl (C=O) groups is 2. The largest absolute Gasteiger partial charge is 0.371 e. The van der Waals surface area contributed by atoms with E-state index in [0.717, 1.165) is 11.8 Å². The van der Waals surface area contributed by atoms with Crippen molar-refractivity contribution < 1.29 is 18.7 Å². The van der Waals surface area contributed by atoms with Crippen LogP contribution in [0.2, 0.25) is 5.02 Å². The van der Waals surface area contributed by atoms with Gasteiger partial charge in [-0.15, -0.1) is 11.8 Å². The fourth-order valence-electron chi connectivity index (χ4n) is 2.25. The summed E-state index contributed by atoms with van der Waals surface area (Å²) in [7, 11) is 0. The van der Waals surface area contributed by atoms with Gasteiger partial charge in [-0.3, -0.25) is 9.59 Å². The molecule has 2 amide bonds. The Balaban J connectivity index is 1.94. The van der Waals surface area contributed by atoms with Gasteiger partial charge >= 0.3 is 0 Å². The van der Waals surface area contributed by atoms with Gasteiger partial charge in [-0.2, -0.15) is 0 Å². The number of nitrogens with one attached hydrogen (secondary N) is 1. The van der Waals surface area contributed by atoms with Gasteiger partial charge in [-0.1, -0.05) is 17.7 Å². The Kier molecular flexibility index (Phi) is 6.05. The average molecular weight is 347 g/mol. The van der Waals surface area contributed by atoms with Crippen LogP contribution in [-0.4, -0.2) is 36.0 Å². The highest BCUT2D eigenvalue weighted by molar-refractivity contribution is 8.00. The van der Waals surface area contributed by atoms with Gasteiger partial charge in [0.05, 0.1) is 22.6 Å². The van der Waals surface area contributed by atoms with Crippen molar-refractivity contribution in [3.63, 3.8) is 0 Å². The topological polar surface area (TPSA) is 81.4 Å². The summed E-state index contributed by atoms with van der Waals surface area (Å²) in [4.78, 5) is 22.5. The average Bonchev–Trinajstić information content (AvgIpc) is 2.89. The monoisotopic (exact) mass is 346 g/mol. The standard InChI is InChI=1S/C14H16ClFN2O3S/c15-9-2-1-8(5-10(9)16)14-11(3-4-21-14)18-13(20)7-22-6-12(17)19/h1-2,5,11,14H,3-4,6-7H2,(H2,17,19)(H,18,20)/t11-,14+/m1/s1. The van der Waals surface area contributed by atoms with Crippen molar-refractivity contribution in [1.29, 1.82) is 0 Å². The molecule has 8 heteroatoms. The molecule has 0 saturated carbocycles. The Hall–Kier alpha value is -1.31. The molecule has 2 rings (SSSR count). The molecule has 0 aliphatic carbocycles. The van der Waals surface area contributed by atoms with Crippen LogP contribution >= 0.6 is 23.4 Å². The van der Waals surface area contributed by atoms with E-state index in [4.69, 9.17) is 22.1 Å². The van der Waals surface area contributed by atoms with Gasteiger partial charge in [-0.25, -0.2) is 4.39 Å². The Labute approximate surface area is 136 Å². The first-order chi connectivity index (χ1) is 10.5. The van der Waals surface area contributed by atoms with E-state index in [9.17, 15) is 14.0 Å². The van der Waals surface area contributed by atoms with E-state index >= 15 is 0 Å². The van der Waals surface area contributed by atoms with E-state index in [0.29, 0.717) is 18.6 Å². The van der Waals surface area contributed by atoms with Crippen LogP contribution in [0.5, 0.6) is 0 Å². The van der Waals surface area contributed by atoms with Crippen molar-refractivity contribution in [3.05, 3.63) is 34.6 Å². The van der Waals surface area contributed by atoms with Gasteiger partial charge < -0.3 is 15.8 Å². The highest BCUT2D eigenvalue weighted by atomic mass is 35.5. The first-order valence-electron chi connectivity index (χ1n) is 6.69. The number of thioether (sulfide) groups is 1. The minimum Gasteiger partial charge on any atom is -0.371 e. The van der Waals surface area contributed by atoms with Crippen LogP contribution in [-0.2, 0) is 14.3 Å². The number of amides is 2. The SMILES string of the molecule is NC(=O)CSCC(=O)N[C@@H]1CCO[C@H]1c1ccc(Cl)c(F)c1. The maximum absolute atomic E-state index is 13.5. The number of nitrogens with two attached hydrogens (primary N) is 1. The normalized spacial score (nSPS) is 20.8. The minimum absolute atomic E-state index is 0.0465. The van der Waals surface area contributed by atoms with Crippen LogP contribution < -0.4 is 11.1 Å². The zero-order chi connectivity index (χ0) is 16.1. The summed E-state index contributed by atoms with van der Waals surface area (Å²) in [5, 5.41) is 2.89. The summed E-state index contributed by atoms with van der Waals surface area (Å²) in [6.07, 6.45) is 0.234. The van der Waals surface area contributed by atoms with Crippen LogP contribution in [0.1, 0.15) is 18.1 Å². The third kappa shape index (κ3) is 4.59. The molecule has 1 heterocycles. The molecule has 1 saturated heterocycles. The summed E-state index contributed by atoms with van der Waals surface area (Å²) >= 11 is 6.81. The molecule has 120 valence electrons. The van der Waals surface area contributed by atoms with E-state index in [1.165, 1.54) is 12.1 Å². The third-order valence-electron chi connectivity index (χ3n) is 3.19. The van der Waals surface area contributed by atoms with Crippen LogP contribution in [0.25, 0.3) is 0 Å². The molecule has 1 aliphatic rings. The molecule has 0 bridgehead atoms. The number of hydrogen-bond acceptors (Lipinski definition) is 4. The van der Waals surface area contributed by atoms with Gasteiger partial charge in [0.2, 0.25) is 11.8 Å². The van der Waals surface area contributed by atoms with Gasteiger partial charge in [-0.05, 0) is 24.1 Å². The minimum atomic E-state index is -0.517. The second-order valence-electron chi connectivity index (χ2n) is 4.89. The summed E-state index contributed by atoms with van der Waals surface area (Å²) in [5.41, 5.74) is 5.64. The quantitative estimate of drug-likeness (QED) is 0.820. The third-order valence-corrected chi connectivity index (χ3v) is 4.45. The number of ether oxygens (including phenoxy) is 1. The van der Waals surface area contributed by atoms with Gasteiger partial charge in [0.15, 0.2) is 0 Å². The second kappa shape index (κ2) is 7.80. The van der Waals surface area contributed by atoms with Crippen molar-refractivity contribution in [2.75, 3.05) is 18.1 Å². The first kappa shape index (κ1) is 17.1. The molecule has 3 N–H and O–H groups in total. The molecule has 1 aliphatic heterocycles. The predicted molar refractivity (Wildman–Crippen MR) is 83.2 cm³/mol. The van der Waals surface area contributed by atoms with E-state index in [2.05, 4.69) is 5.32 Å². The van der Waals surface area contributed by atoms with Crippen LogP contribution in [0.4, 0.5) is 4.39 Å². The lowest BCUT2D eigenvalue weighted by Gasteiger charge is -2.20. The lowest BCUT2D eigenvalue weighted by molar-refractivity contribution is -0.119. The van der Waals surface area contributed by atoms with Crippen molar-refractivity contribution >= 4 is 35.2 Å². The summed E-state index contributed by atoms with van der Waals surface area (Å²) < 4.78 is 19.1. The summed E-state index contributed by atoms with van der Waals surface area (Å²) in [5.74, 6) is -0.948. The van der Waals surface area contributed by atoms with Gasteiger partial charge in [0.25, 0.3) is 0 Å². The van der Waals surface area contributed by atoms with Crippen molar-refractivity contribution in [3.8, 4) is 0 Å². The molecule has 1 aromatic carbocycles. The fourth-order valence-corrected chi connectivity index (χ4v) is 2.94. The van der Waals surface area contributed by atoms with Crippen LogP contribution in [0, 0.1) is 5.82 Å². The molecule has 22 heavy (non-hydrogen) atoms. The highest BCUT2D eigenvalue weighted by Gasteiger charge is 2.31. The number of halogens is 2. The lowest BCUT2D eigenvalue weighted by Crippen LogP contribution is -2.38. The van der Waals surface area contributed by atoms with E-state index in [1.54, 1.807) is 6.07 Å². The first-order valence-corrected chi connectivity index (χ1v) is 8.22. The van der Waals surface area contributed by atoms with E-state index < -0.39 is 17.8 Å². The molecule has 0 radical (unpaired) electrons. The number of benzene rings is 1. The molecule has 5 nitrogen and oxygen atoms in total. The van der Waals surface area contributed by atoms with E-state index in [-0.39, 0.29) is 28.5 Å². The molecule has 1 aromatic rings.